The summed E-state index contributed by atoms with van der Waals surface area (Å²) in [6.07, 6.45) is 1.55. The first-order valence-electron chi connectivity index (χ1n) is 12.9. The number of furan rings is 1. The van der Waals surface area contributed by atoms with Gasteiger partial charge < -0.3 is 13.9 Å². The number of fused-ring (bicyclic) bond motifs is 2. The van der Waals surface area contributed by atoms with Crippen molar-refractivity contribution in [3.63, 3.8) is 0 Å². The number of benzene rings is 4. The molecule has 0 aliphatic rings. The molecule has 0 aliphatic heterocycles. The van der Waals surface area contributed by atoms with E-state index in [2.05, 4.69) is 21.0 Å². The average Bonchev–Trinajstić information content (AvgIpc) is 3.41. The number of para-hydroxylation sites is 2. The van der Waals surface area contributed by atoms with Crippen LogP contribution < -0.4 is 15.0 Å². The van der Waals surface area contributed by atoms with Gasteiger partial charge in [0.25, 0.3) is 5.56 Å². The number of nitrogens with zero attached hydrogens (tertiary/aromatic N) is 3. The van der Waals surface area contributed by atoms with Crippen LogP contribution in [-0.2, 0) is 6.61 Å². The van der Waals surface area contributed by atoms with Crippen LogP contribution in [0.25, 0.3) is 33.5 Å². The molecule has 0 atom stereocenters. The smallest absolute Gasteiger partial charge is 0.282 e. The van der Waals surface area contributed by atoms with E-state index in [9.17, 15) is 9.18 Å². The first kappa shape index (κ1) is 26.5. The topological polar surface area (TPSA) is 78.9 Å². The van der Waals surface area contributed by atoms with Gasteiger partial charge in [-0.05, 0) is 82.5 Å². The highest BCUT2D eigenvalue weighted by Gasteiger charge is 2.17. The molecule has 7 nitrogen and oxygen atoms in total. The number of rotatable bonds is 8. The van der Waals surface area contributed by atoms with Crippen molar-refractivity contribution < 1.29 is 18.3 Å². The fraction of sp³-hybridized carbons (Fsp3) is 0.0938. The van der Waals surface area contributed by atoms with E-state index in [1.807, 2.05) is 43.3 Å². The van der Waals surface area contributed by atoms with E-state index in [-0.39, 0.29) is 23.8 Å². The van der Waals surface area contributed by atoms with Crippen LogP contribution in [0.15, 0.2) is 110 Å². The maximum absolute atomic E-state index is 13.6. The van der Waals surface area contributed by atoms with Gasteiger partial charge in [-0.3, -0.25) is 4.79 Å². The second-order valence-electron chi connectivity index (χ2n) is 9.14. The van der Waals surface area contributed by atoms with Gasteiger partial charge >= 0.3 is 0 Å². The Bertz CT molecular complexity index is 1950. The molecule has 2 aromatic heterocycles. The van der Waals surface area contributed by atoms with Crippen molar-refractivity contribution in [2.24, 2.45) is 5.10 Å². The summed E-state index contributed by atoms with van der Waals surface area (Å²) in [4.78, 5) is 18.3. The third kappa shape index (κ3) is 5.49. The molecule has 0 saturated carbocycles. The Labute approximate surface area is 242 Å². The Morgan fingerprint density at radius 3 is 2.66 bits per heavy atom. The van der Waals surface area contributed by atoms with Gasteiger partial charge in [-0.25, -0.2) is 9.37 Å². The van der Waals surface area contributed by atoms with Crippen LogP contribution in [0.3, 0.4) is 0 Å². The molecule has 0 spiro atoms. The van der Waals surface area contributed by atoms with Gasteiger partial charge in [-0.1, -0.05) is 42.5 Å². The van der Waals surface area contributed by atoms with Gasteiger partial charge in [0.15, 0.2) is 17.3 Å². The fourth-order valence-electron chi connectivity index (χ4n) is 4.45. The summed E-state index contributed by atoms with van der Waals surface area (Å²) < 4.78 is 33.3. The van der Waals surface area contributed by atoms with Crippen molar-refractivity contribution in [3.8, 4) is 23.1 Å². The predicted octanol–water partition coefficient (Wildman–Crippen LogP) is 7.57. The second kappa shape index (κ2) is 11.4. The third-order valence-corrected chi connectivity index (χ3v) is 6.91. The summed E-state index contributed by atoms with van der Waals surface area (Å²) in [7, 11) is 0. The van der Waals surface area contributed by atoms with Gasteiger partial charge in [0.05, 0.1) is 28.2 Å². The van der Waals surface area contributed by atoms with Crippen LogP contribution in [0.4, 0.5) is 4.39 Å². The first-order valence-corrected chi connectivity index (χ1v) is 13.7. The molecule has 0 saturated heterocycles. The van der Waals surface area contributed by atoms with E-state index in [4.69, 9.17) is 18.9 Å². The molecule has 0 unspecified atom stereocenters. The Kier molecular flexibility index (Phi) is 7.35. The summed E-state index contributed by atoms with van der Waals surface area (Å²) in [5.74, 6) is 1.31. The van der Waals surface area contributed by atoms with Crippen LogP contribution in [-0.4, -0.2) is 22.5 Å². The van der Waals surface area contributed by atoms with E-state index in [0.717, 1.165) is 5.39 Å². The lowest BCUT2D eigenvalue weighted by molar-refractivity contribution is 0.267. The number of aromatic nitrogens is 2. The summed E-state index contributed by atoms with van der Waals surface area (Å²) in [6, 6.07) is 26.3. The molecular weight excluding hydrogens is 589 g/mol. The SMILES string of the molecule is CCOc1cc(C=Nn2c(-c3cc4ccccc4o3)nc3ccccc3c2=O)cc(Br)c1OCc1cccc(F)c1. The standard InChI is InChI=1S/C32H23BrFN3O4/c1-2-39-28-16-21(15-25(33)30(28)40-19-20-8-7-10-23(34)14-20)18-35-37-31(29-17-22-9-3-6-13-27(22)41-29)36-26-12-5-4-11-24(26)32(37)38/h3-18H,2,19H2,1H3. The first-order chi connectivity index (χ1) is 20.0. The second-order valence-corrected chi connectivity index (χ2v) is 10.00. The molecule has 0 radical (unpaired) electrons. The Balaban J connectivity index is 1.40. The average molecular weight is 612 g/mol. The zero-order valence-corrected chi connectivity index (χ0v) is 23.5. The minimum Gasteiger partial charge on any atom is -0.490 e. The van der Waals surface area contributed by atoms with Gasteiger partial charge in [0, 0.05) is 5.39 Å². The predicted molar refractivity (Wildman–Crippen MR) is 160 cm³/mol. The zero-order chi connectivity index (χ0) is 28.3. The monoisotopic (exact) mass is 611 g/mol. The van der Waals surface area contributed by atoms with Crippen molar-refractivity contribution in [2.75, 3.05) is 6.61 Å². The van der Waals surface area contributed by atoms with E-state index >= 15 is 0 Å². The normalized spacial score (nSPS) is 11.5. The number of hydrogen-bond acceptors (Lipinski definition) is 6. The van der Waals surface area contributed by atoms with Crippen LogP contribution in [0, 0.1) is 5.82 Å². The van der Waals surface area contributed by atoms with Gasteiger partial charge in [0.1, 0.15) is 18.0 Å². The molecular formula is C32H23BrFN3O4. The van der Waals surface area contributed by atoms with Gasteiger partial charge in [0.2, 0.25) is 5.82 Å². The van der Waals surface area contributed by atoms with Crippen molar-refractivity contribution in [3.05, 3.63) is 123 Å². The Hall–Kier alpha value is -4.76. The highest BCUT2D eigenvalue weighted by molar-refractivity contribution is 9.10. The lowest BCUT2D eigenvalue weighted by Crippen LogP contribution is -2.20. The maximum Gasteiger partial charge on any atom is 0.282 e. The highest BCUT2D eigenvalue weighted by atomic mass is 79.9. The summed E-state index contributed by atoms with van der Waals surface area (Å²) in [5, 5.41) is 5.87. The van der Waals surface area contributed by atoms with Crippen LogP contribution in [0.1, 0.15) is 18.1 Å². The van der Waals surface area contributed by atoms with Crippen molar-refractivity contribution in [1.82, 2.24) is 9.66 Å². The molecule has 41 heavy (non-hydrogen) atoms. The van der Waals surface area contributed by atoms with Crippen molar-refractivity contribution in [1.29, 1.82) is 0 Å². The fourth-order valence-corrected chi connectivity index (χ4v) is 5.03. The van der Waals surface area contributed by atoms with E-state index < -0.39 is 0 Å². The van der Waals surface area contributed by atoms with Crippen LogP contribution in [0.5, 0.6) is 11.5 Å². The molecule has 6 aromatic rings. The third-order valence-electron chi connectivity index (χ3n) is 6.33. The minimum absolute atomic E-state index is 0.156. The molecule has 2 heterocycles. The molecule has 0 bridgehead atoms. The molecule has 6 rings (SSSR count). The summed E-state index contributed by atoms with van der Waals surface area (Å²) >= 11 is 3.56. The summed E-state index contributed by atoms with van der Waals surface area (Å²) in [6.45, 7) is 2.42. The largest absolute Gasteiger partial charge is 0.490 e. The number of halogens is 2. The zero-order valence-electron chi connectivity index (χ0n) is 21.9. The van der Waals surface area contributed by atoms with E-state index in [1.54, 1.807) is 48.7 Å². The quantitative estimate of drug-likeness (QED) is 0.166. The lowest BCUT2D eigenvalue weighted by Gasteiger charge is -2.15. The summed E-state index contributed by atoms with van der Waals surface area (Å²) in [5.41, 5.74) is 2.22. The molecule has 0 fully saturated rings. The molecule has 4 aromatic carbocycles. The van der Waals surface area contributed by atoms with Crippen LogP contribution >= 0.6 is 15.9 Å². The van der Waals surface area contributed by atoms with E-state index in [1.165, 1.54) is 16.8 Å². The molecule has 204 valence electrons. The molecule has 0 amide bonds. The van der Waals surface area contributed by atoms with Gasteiger partial charge in [-0.15, -0.1) is 0 Å². The lowest BCUT2D eigenvalue weighted by atomic mass is 10.2. The molecule has 9 heteroatoms. The van der Waals surface area contributed by atoms with E-state index in [0.29, 0.717) is 56.0 Å². The van der Waals surface area contributed by atoms with Crippen molar-refractivity contribution in [2.45, 2.75) is 13.5 Å². The maximum atomic E-state index is 13.6. The Morgan fingerprint density at radius 2 is 1.83 bits per heavy atom. The highest BCUT2D eigenvalue weighted by Crippen LogP contribution is 2.37. The van der Waals surface area contributed by atoms with Crippen LogP contribution in [0.2, 0.25) is 0 Å². The van der Waals surface area contributed by atoms with Gasteiger partial charge in [-0.2, -0.15) is 9.78 Å². The minimum atomic E-state index is -0.332. The Morgan fingerprint density at radius 1 is 1.00 bits per heavy atom. The molecule has 0 aliphatic carbocycles. The van der Waals surface area contributed by atoms with Crippen molar-refractivity contribution >= 4 is 44.0 Å². The number of ether oxygens (including phenoxy) is 2. The number of hydrogen-bond donors (Lipinski definition) is 0. The molecule has 0 N–H and O–H groups in total.